The average molecular weight is 250 g/mol. The number of nitrogens with one attached hydrogen (secondary N) is 1. The molecule has 0 saturated carbocycles. The number of carbonyl (C=O) groups is 1. The predicted octanol–water partition coefficient (Wildman–Crippen LogP) is 1.01. The molecule has 1 aliphatic rings. The number of imidazole rings is 1. The number of hydrogen-bond acceptors (Lipinski definition) is 3. The van der Waals surface area contributed by atoms with Crippen LogP contribution in [0.15, 0.2) is 12.4 Å². The highest BCUT2D eigenvalue weighted by Gasteiger charge is 2.15. The van der Waals surface area contributed by atoms with Crippen molar-refractivity contribution in [2.75, 3.05) is 19.6 Å². The first kappa shape index (κ1) is 13.1. The highest BCUT2D eigenvalue weighted by molar-refractivity contribution is 5.78. The molecule has 0 spiro atoms. The Hall–Kier alpha value is -1.36. The number of likely N-dealkylation sites (tertiary alicyclic amines) is 1. The van der Waals surface area contributed by atoms with Gasteiger partial charge in [-0.1, -0.05) is 0 Å². The van der Waals surface area contributed by atoms with Gasteiger partial charge < -0.3 is 14.8 Å². The van der Waals surface area contributed by atoms with E-state index < -0.39 is 0 Å². The van der Waals surface area contributed by atoms with Crippen LogP contribution in [0, 0.1) is 0 Å². The van der Waals surface area contributed by atoms with E-state index in [2.05, 4.69) is 21.8 Å². The summed E-state index contributed by atoms with van der Waals surface area (Å²) in [6.07, 6.45) is 7.31. The topological polar surface area (TPSA) is 50.2 Å². The van der Waals surface area contributed by atoms with Gasteiger partial charge in [0, 0.05) is 32.0 Å². The Balaban J connectivity index is 1.73. The number of piperidine rings is 1. The highest BCUT2D eigenvalue weighted by atomic mass is 16.2. The van der Waals surface area contributed by atoms with Crippen molar-refractivity contribution in [1.29, 1.82) is 0 Å². The van der Waals surface area contributed by atoms with E-state index in [1.165, 1.54) is 6.42 Å². The zero-order valence-electron chi connectivity index (χ0n) is 11.1. The molecule has 18 heavy (non-hydrogen) atoms. The van der Waals surface area contributed by atoms with Crippen molar-refractivity contribution >= 4 is 5.91 Å². The van der Waals surface area contributed by atoms with Gasteiger partial charge in [0.2, 0.25) is 5.91 Å². The number of aryl methyl sites for hydroxylation is 1. The van der Waals surface area contributed by atoms with Gasteiger partial charge >= 0.3 is 0 Å². The molecule has 5 nitrogen and oxygen atoms in total. The second-order valence-corrected chi connectivity index (χ2v) is 4.67. The molecule has 1 aromatic rings. The van der Waals surface area contributed by atoms with Crippen LogP contribution in [-0.2, 0) is 17.9 Å². The Labute approximate surface area is 108 Å². The summed E-state index contributed by atoms with van der Waals surface area (Å²) in [5.74, 6) is 1.20. The van der Waals surface area contributed by atoms with Gasteiger partial charge in [0.1, 0.15) is 5.82 Å². The Morgan fingerprint density at radius 3 is 2.89 bits per heavy atom. The molecule has 0 aliphatic carbocycles. The summed E-state index contributed by atoms with van der Waals surface area (Å²) in [7, 11) is 0. The monoisotopic (exact) mass is 250 g/mol. The molecule has 100 valence electrons. The summed E-state index contributed by atoms with van der Waals surface area (Å²) >= 11 is 0. The molecule has 0 unspecified atom stereocenters. The van der Waals surface area contributed by atoms with Gasteiger partial charge in [-0.2, -0.15) is 0 Å². The van der Waals surface area contributed by atoms with Crippen molar-refractivity contribution in [2.45, 2.75) is 39.3 Å². The zero-order chi connectivity index (χ0) is 12.8. The normalized spacial score (nSPS) is 15.9. The zero-order valence-corrected chi connectivity index (χ0v) is 11.1. The predicted molar refractivity (Wildman–Crippen MR) is 70.0 cm³/mol. The van der Waals surface area contributed by atoms with Gasteiger partial charge in [-0.3, -0.25) is 4.79 Å². The van der Waals surface area contributed by atoms with Crippen LogP contribution < -0.4 is 5.32 Å². The van der Waals surface area contributed by atoms with Gasteiger partial charge in [0.05, 0.1) is 13.1 Å². The summed E-state index contributed by atoms with van der Waals surface area (Å²) < 4.78 is 2.08. The standard InChI is InChI=1S/C13H22N4O/c1-2-16-9-6-15-12(16)10-14-11-13(18)17-7-4-3-5-8-17/h6,9,14H,2-5,7-8,10-11H2,1H3. The average Bonchev–Trinajstić information content (AvgIpc) is 2.87. The van der Waals surface area contributed by atoms with Crippen LogP contribution in [0.25, 0.3) is 0 Å². The number of carbonyl (C=O) groups excluding carboxylic acids is 1. The lowest BCUT2D eigenvalue weighted by molar-refractivity contribution is -0.131. The van der Waals surface area contributed by atoms with Crippen LogP contribution in [0.4, 0.5) is 0 Å². The molecule has 5 heteroatoms. The van der Waals surface area contributed by atoms with Gasteiger partial charge in [-0.05, 0) is 26.2 Å². The molecule has 0 bridgehead atoms. The fourth-order valence-corrected chi connectivity index (χ4v) is 2.33. The molecular weight excluding hydrogens is 228 g/mol. The summed E-state index contributed by atoms with van der Waals surface area (Å²) in [6.45, 7) is 5.91. The SMILES string of the molecule is CCn1ccnc1CNCC(=O)N1CCCCC1. The van der Waals surface area contributed by atoms with E-state index in [0.717, 1.165) is 38.3 Å². The van der Waals surface area contributed by atoms with Gasteiger partial charge in [-0.25, -0.2) is 4.98 Å². The first-order valence-corrected chi connectivity index (χ1v) is 6.79. The van der Waals surface area contributed by atoms with E-state index in [0.29, 0.717) is 13.1 Å². The maximum atomic E-state index is 11.9. The molecule has 1 aromatic heterocycles. The summed E-state index contributed by atoms with van der Waals surface area (Å²) in [5, 5.41) is 3.19. The Kier molecular flexibility index (Phi) is 4.75. The van der Waals surface area contributed by atoms with E-state index in [4.69, 9.17) is 0 Å². The Morgan fingerprint density at radius 1 is 1.39 bits per heavy atom. The number of aromatic nitrogens is 2. The molecule has 1 aliphatic heterocycles. The molecule has 1 fully saturated rings. The van der Waals surface area contributed by atoms with Crippen molar-refractivity contribution in [3.05, 3.63) is 18.2 Å². The van der Waals surface area contributed by atoms with Crippen LogP contribution in [0.2, 0.25) is 0 Å². The Morgan fingerprint density at radius 2 is 2.17 bits per heavy atom. The molecule has 1 amide bonds. The number of nitrogens with zero attached hydrogens (tertiary/aromatic N) is 3. The summed E-state index contributed by atoms with van der Waals surface area (Å²) in [4.78, 5) is 18.2. The number of hydrogen-bond donors (Lipinski definition) is 1. The largest absolute Gasteiger partial charge is 0.342 e. The van der Waals surface area contributed by atoms with Crippen LogP contribution in [-0.4, -0.2) is 40.0 Å². The molecule has 2 heterocycles. The minimum atomic E-state index is 0.212. The van der Waals surface area contributed by atoms with Crippen LogP contribution in [0.3, 0.4) is 0 Å². The van der Waals surface area contributed by atoms with Crippen LogP contribution in [0.5, 0.6) is 0 Å². The third-order valence-electron chi connectivity index (χ3n) is 3.41. The molecular formula is C13H22N4O. The minimum Gasteiger partial charge on any atom is -0.342 e. The van der Waals surface area contributed by atoms with Crippen molar-refractivity contribution < 1.29 is 4.79 Å². The quantitative estimate of drug-likeness (QED) is 0.848. The maximum Gasteiger partial charge on any atom is 0.236 e. The lowest BCUT2D eigenvalue weighted by Crippen LogP contribution is -2.41. The number of amides is 1. The smallest absolute Gasteiger partial charge is 0.236 e. The second kappa shape index (κ2) is 6.54. The van der Waals surface area contributed by atoms with Gasteiger partial charge in [0.25, 0.3) is 0 Å². The lowest BCUT2D eigenvalue weighted by atomic mass is 10.1. The molecule has 2 rings (SSSR count). The van der Waals surface area contributed by atoms with Crippen molar-refractivity contribution in [1.82, 2.24) is 19.8 Å². The molecule has 0 aromatic carbocycles. The molecule has 1 N–H and O–H groups in total. The Bertz CT molecular complexity index is 382. The van der Waals surface area contributed by atoms with E-state index >= 15 is 0 Å². The van der Waals surface area contributed by atoms with E-state index in [-0.39, 0.29) is 5.91 Å². The fourth-order valence-electron chi connectivity index (χ4n) is 2.33. The first-order chi connectivity index (χ1) is 8.81. The van der Waals surface area contributed by atoms with Crippen molar-refractivity contribution in [3.8, 4) is 0 Å². The third-order valence-corrected chi connectivity index (χ3v) is 3.41. The van der Waals surface area contributed by atoms with Gasteiger partial charge in [0.15, 0.2) is 0 Å². The van der Waals surface area contributed by atoms with Gasteiger partial charge in [-0.15, -0.1) is 0 Å². The van der Waals surface area contributed by atoms with Crippen LogP contribution in [0.1, 0.15) is 32.0 Å². The maximum absolute atomic E-state index is 11.9. The van der Waals surface area contributed by atoms with E-state index in [1.807, 2.05) is 11.1 Å². The molecule has 0 radical (unpaired) electrons. The van der Waals surface area contributed by atoms with Crippen molar-refractivity contribution in [2.24, 2.45) is 0 Å². The van der Waals surface area contributed by atoms with E-state index in [9.17, 15) is 4.79 Å². The van der Waals surface area contributed by atoms with Crippen molar-refractivity contribution in [3.63, 3.8) is 0 Å². The second-order valence-electron chi connectivity index (χ2n) is 4.67. The fraction of sp³-hybridized carbons (Fsp3) is 0.692. The number of rotatable bonds is 5. The molecule has 0 atom stereocenters. The summed E-state index contributed by atoms with van der Waals surface area (Å²) in [6, 6.07) is 0. The third kappa shape index (κ3) is 3.32. The summed E-state index contributed by atoms with van der Waals surface area (Å²) in [5.41, 5.74) is 0. The lowest BCUT2D eigenvalue weighted by Gasteiger charge is -2.26. The molecule has 1 saturated heterocycles. The first-order valence-electron chi connectivity index (χ1n) is 6.79. The highest BCUT2D eigenvalue weighted by Crippen LogP contribution is 2.08. The van der Waals surface area contributed by atoms with E-state index in [1.54, 1.807) is 6.20 Å². The van der Waals surface area contributed by atoms with Crippen LogP contribution >= 0.6 is 0 Å². The minimum absolute atomic E-state index is 0.212.